The third-order valence-electron chi connectivity index (χ3n) is 3.79. The van der Waals surface area contributed by atoms with E-state index in [-0.39, 0.29) is 5.54 Å². The smallest absolute Gasteiger partial charge is 0.0486 e. The number of rotatable bonds is 2. The van der Waals surface area contributed by atoms with Crippen LogP contribution in [-0.4, -0.2) is 0 Å². The van der Waals surface area contributed by atoms with E-state index in [4.69, 9.17) is 5.73 Å². The molecule has 3 rings (SSSR count). The molecule has 1 aliphatic carbocycles. The molecule has 2 aromatic carbocycles. The van der Waals surface area contributed by atoms with Gasteiger partial charge in [0.05, 0.1) is 0 Å². The predicted molar refractivity (Wildman–Crippen MR) is 70.8 cm³/mol. The fraction of sp³-hybridized carbons (Fsp3) is 0.250. The number of hydrogen-bond acceptors (Lipinski definition) is 1. The number of aryl methyl sites for hydroxylation is 1. The van der Waals surface area contributed by atoms with Crippen molar-refractivity contribution in [3.63, 3.8) is 0 Å². The molecule has 0 aliphatic heterocycles. The summed E-state index contributed by atoms with van der Waals surface area (Å²) in [5.41, 5.74) is 10.3. The molecule has 1 fully saturated rings. The van der Waals surface area contributed by atoms with Crippen molar-refractivity contribution >= 4 is 0 Å². The minimum atomic E-state index is -0.142. The van der Waals surface area contributed by atoms with E-state index in [0.717, 1.165) is 6.42 Å². The molecule has 0 amide bonds. The molecule has 0 spiro atoms. The molecule has 0 radical (unpaired) electrons. The van der Waals surface area contributed by atoms with Crippen LogP contribution in [-0.2, 0) is 5.54 Å². The van der Waals surface area contributed by atoms with Crippen molar-refractivity contribution in [1.82, 2.24) is 0 Å². The largest absolute Gasteiger partial charge is 0.321 e. The Hall–Kier alpha value is -1.60. The van der Waals surface area contributed by atoms with Gasteiger partial charge in [0.2, 0.25) is 0 Å². The third-order valence-corrected chi connectivity index (χ3v) is 3.79. The number of hydrogen-bond donors (Lipinski definition) is 1. The average Bonchev–Trinajstić information content (AvgIpc) is 3.05. The first-order valence-corrected chi connectivity index (χ1v) is 6.11. The Morgan fingerprint density at radius 2 is 1.65 bits per heavy atom. The van der Waals surface area contributed by atoms with Gasteiger partial charge in [-0.25, -0.2) is 0 Å². The van der Waals surface area contributed by atoms with Crippen LogP contribution >= 0.6 is 0 Å². The highest BCUT2D eigenvalue weighted by Gasteiger charge is 2.52. The highest BCUT2D eigenvalue weighted by atomic mass is 14.9. The van der Waals surface area contributed by atoms with Crippen molar-refractivity contribution in [2.45, 2.75) is 24.8 Å². The summed E-state index contributed by atoms with van der Waals surface area (Å²) in [6.07, 6.45) is 1.06. The van der Waals surface area contributed by atoms with Gasteiger partial charge in [-0.1, -0.05) is 60.2 Å². The molecule has 1 aliphatic rings. The van der Waals surface area contributed by atoms with E-state index >= 15 is 0 Å². The van der Waals surface area contributed by atoms with E-state index < -0.39 is 0 Å². The highest BCUT2D eigenvalue weighted by molar-refractivity contribution is 5.42. The Morgan fingerprint density at radius 1 is 1.00 bits per heavy atom. The average molecular weight is 223 g/mol. The van der Waals surface area contributed by atoms with Crippen molar-refractivity contribution in [3.05, 3.63) is 71.3 Å². The van der Waals surface area contributed by atoms with Gasteiger partial charge in [0.15, 0.2) is 0 Å². The lowest BCUT2D eigenvalue weighted by Crippen LogP contribution is -2.21. The molecule has 1 heteroatoms. The Labute approximate surface area is 102 Å². The molecule has 2 atom stereocenters. The second-order valence-electron chi connectivity index (χ2n) is 5.07. The molecule has 0 heterocycles. The van der Waals surface area contributed by atoms with E-state index in [0.29, 0.717) is 5.92 Å². The van der Waals surface area contributed by atoms with Gasteiger partial charge < -0.3 is 5.73 Å². The van der Waals surface area contributed by atoms with Crippen LogP contribution in [0, 0.1) is 6.92 Å². The SMILES string of the molecule is Cc1ccc(C2CC2(N)c2ccccc2)cc1. The molecule has 1 saturated carbocycles. The molecular formula is C16H17N. The van der Waals surface area contributed by atoms with Crippen LogP contribution in [0.25, 0.3) is 0 Å². The van der Waals surface area contributed by atoms with Gasteiger partial charge in [-0.15, -0.1) is 0 Å². The molecule has 0 aromatic heterocycles. The summed E-state index contributed by atoms with van der Waals surface area (Å²) in [7, 11) is 0. The van der Waals surface area contributed by atoms with Gasteiger partial charge in [-0.3, -0.25) is 0 Å². The first kappa shape index (κ1) is 10.5. The lowest BCUT2D eigenvalue weighted by Gasteiger charge is -2.12. The fourth-order valence-corrected chi connectivity index (χ4v) is 2.56. The summed E-state index contributed by atoms with van der Waals surface area (Å²) in [6, 6.07) is 19.2. The summed E-state index contributed by atoms with van der Waals surface area (Å²) < 4.78 is 0. The Bertz CT molecular complexity index is 515. The minimum Gasteiger partial charge on any atom is -0.321 e. The van der Waals surface area contributed by atoms with Crippen molar-refractivity contribution in [1.29, 1.82) is 0 Å². The molecule has 0 saturated heterocycles. The second-order valence-corrected chi connectivity index (χ2v) is 5.07. The molecule has 86 valence electrons. The van der Waals surface area contributed by atoms with Gasteiger partial charge >= 0.3 is 0 Å². The molecule has 2 aromatic rings. The number of nitrogens with two attached hydrogens (primary N) is 1. The normalized spacial score (nSPS) is 26.8. The minimum absolute atomic E-state index is 0.142. The maximum absolute atomic E-state index is 6.48. The maximum atomic E-state index is 6.48. The van der Waals surface area contributed by atoms with Gasteiger partial charge in [-0.2, -0.15) is 0 Å². The summed E-state index contributed by atoms with van der Waals surface area (Å²) >= 11 is 0. The van der Waals surface area contributed by atoms with Crippen LogP contribution in [0.3, 0.4) is 0 Å². The van der Waals surface area contributed by atoms with Gasteiger partial charge in [0, 0.05) is 11.5 Å². The zero-order valence-electron chi connectivity index (χ0n) is 10.1. The lowest BCUT2D eigenvalue weighted by molar-refractivity contribution is 0.706. The molecule has 17 heavy (non-hydrogen) atoms. The highest BCUT2D eigenvalue weighted by Crippen LogP contribution is 2.56. The van der Waals surface area contributed by atoms with Crippen LogP contribution < -0.4 is 5.73 Å². The Kier molecular flexibility index (Phi) is 2.30. The van der Waals surface area contributed by atoms with Gasteiger partial charge in [-0.05, 0) is 24.5 Å². The van der Waals surface area contributed by atoms with Crippen LogP contribution in [0.4, 0.5) is 0 Å². The molecule has 2 unspecified atom stereocenters. The van der Waals surface area contributed by atoms with Crippen LogP contribution in [0.1, 0.15) is 29.0 Å². The van der Waals surface area contributed by atoms with E-state index in [1.807, 2.05) is 6.07 Å². The van der Waals surface area contributed by atoms with E-state index in [9.17, 15) is 0 Å². The Balaban J connectivity index is 1.88. The summed E-state index contributed by atoms with van der Waals surface area (Å²) in [4.78, 5) is 0. The summed E-state index contributed by atoms with van der Waals surface area (Å²) in [5.74, 6) is 0.477. The van der Waals surface area contributed by atoms with E-state index in [1.165, 1.54) is 16.7 Å². The fourth-order valence-electron chi connectivity index (χ4n) is 2.56. The first-order valence-electron chi connectivity index (χ1n) is 6.11. The molecule has 1 nitrogen and oxygen atoms in total. The topological polar surface area (TPSA) is 26.0 Å². The quantitative estimate of drug-likeness (QED) is 0.830. The van der Waals surface area contributed by atoms with E-state index in [2.05, 4.69) is 55.5 Å². The maximum Gasteiger partial charge on any atom is 0.0486 e. The third kappa shape index (κ3) is 1.77. The van der Waals surface area contributed by atoms with Crippen LogP contribution in [0.15, 0.2) is 54.6 Å². The van der Waals surface area contributed by atoms with E-state index in [1.54, 1.807) is 0 Å². The zero-order valence-corrected chi connectivity index (χ0v) is 10.1. The summed E-state index contributed by atoms with van der Waals surface area (Å²) in [6.45, 7) is 2.11. The van der Waals surface area contributed by atoms with Crippen molar-refractivity contribution < 1.29 is 0 Å². The standard InChI is InChI=1S/C16H17N/c1-12-7-9-13(10-8-12)15-11-16(15,17)14-5-3-2-4-6-14/h2-10,15H,11,17H2,1H3. The number of benzene rings is 2. The van der Waals surface area contributed by atoms with Crippen LogP contribution in [0.2, 0.25) is 0 Å². The molecule has 0 bridgehead atoms. The second kappa shape index (κ2) is 3.71. The monoisotopic (exact) mass is 223 g/mol. The van der Waals surface area contributed by atoms with Crippen molar-refractivity contribution in [2.75, 3.05) is 0 Å². The first-order chi connectivity index (χ1) is 8.20. The van der Waals surface area contributed by atoms with Crippen LogP contribution in [0.5, 0.6) is 0 Å². The van der Waals surface area contributed by atoms with Crippen molar-refractivity contribution in [3.8, 4) is 0 Å². The molecule has 2 N–H and O–H groups in total. The zero-order chi connectivity index (χ0) is 11.9. The van der Waals surface area contributed by atoms with Crippen molar-refractivity contribution in [2.24, 2.45) is 5.73 Å². The lowest BCUT2D eigenvalue weighted by atomic mass is 9.99. The van der Waals surface area contributed by atoms with Gasteiger partial charge in [0.1, 0.15) is 0 Å². The van der Waals surface area contributed by atoms with Gasteiger partial charge in [0.25, 0.3) is 0 Å². The summed E-state index contributed by atoms with van der Waals surface area (Å²) in [5, 5.41) is 0. The molecular weight excluding hydrogens is 206 g/mol. The Morgan fingerprint density at radius 3 is 2.29 bits per heavy atom. The predicted octanol–water partition coefficient (Wildman–Crippen LogP) is 3.34.